The zero-order chi connectivity index (χ0) is 17.0. The van der Waals surface area contributed by atoms with Crippen molar-refractivity contribution in [1.82, 2.24) is 4.90 Å². The van der Waals surface area contributed by atoms with Crippen molar-refractivity contribution >= 4 is 23.5 Å². The Kier molecular flexibility index (Phi) is 5.00. The Morgan fingerprint density at radius 3 is 2.61 bits per heavy atom. The van der Waals surface area contributed by atoms with Crippen LogP contribution in [0, 0.1) is 0 Å². The fourth-order valence-corrected chi connectivity index (χ4v) is 2.25. The molecule has 1 aromatic carbocycles. The van der Waals surface area contributed by atoms with Gasteiger partial charge in [-0.1, -0.05) is 6.07 Å². The van der Waals surface area contributed by atoms with E-state index in [-0.39, 0.29) is 11.6 Å². The van der Waals surface area contributed by atoms with Crippen molar-refractivity contribution in [2.75, 3.05) is 26.6 Å². The molecule has 2 rings (SSSR count). The summed E-state index contributed by atoms with van der Waals surface area (Å²) >= 11 is 0. The number of methoxy groups -OCH3 is 2. The molecule has 1 amide bonds. The van der Waals surface area contributed by atoms with Gasteiger partial charge in [0.1, 0.15) is 5.70 Å². The van der Waals surface area contributed by atoms with E-state index in [1.807, 2.05) is 12.1 Å². The van der Waals surface area contributed by atoms with Gasteiger partial charge >= 0.3 is 11.9 Å². The van der Waals surface area contributed by atoms with Gasteiger partial charge in [-0.05, 0) is 23.3 Å². The molecule has 1 aromatic rings. The molecule has 0 atom stereocenters. The molecule has 0 bridgehead atoms. The third-order valence-corrected chi connectivity index (χ3v) is 3.53. The van der Waals surface area contributed by atoms with Gasteiger partial charge < -0.3 is 19.7 Å². The highest BCUT2D eigenvalue weighted by Gasteiger charge is 2.20. The maximum absolute atomic E-state index is 11.7. The maximum Gasteiger partial charge on any atom is 0.354 e. The number of amides is 1. The van der Waals surface area contributed by atoms with Gasteiger partial charge in [0.25, 0.3) is 0 Å². The highest BCUT2D eigenvalue weighted by atomic mass is 16.5. The molecule has 0 fully saturated rings. The van der Waals surface area contributed by atoms with Gasteiger partial charge in [0, 0.05) is 19.3 Å². The minimum atomic E-state index is -0.680. The van der Waals surface area contributed by atoms with Crippen molar-refractivity contribution in [3.63, 3.8) is 0 Å². The van der Waals surface area contributed by atoms with E-state index in [9.17, 15) is 14.4 Å². The number of anilines is 1. The monoisotopic (exact) mass is 318 g/mol. The van der Waals surface area contributed by atoms with Crippen LogP contribution in [-0.2, 0) is 36.8 Å². The number of hydrogen-bond donors (Lipinski definition) is 1. The third-order valence-electron chi connectivity index (χ3n) is 3.53. The van der Waals surface area contributed by atoms with Gasteiger partial charge in [-0.2, -0.15) is 0 Å². The minimum absolute atomic E-state index is 0.0282. The predicted octanol–water partition coefficient (Wildman–Crippen LogP) is 0.843. The van der Waals surface area contributed by atoms with E-state index in [1.54, 1.807) is 18.0 Å². The molecule has 0 spiro atoms. The summed E-state index contributed by atoms with van der Waals surface area (Å²) in [5.41, 5.74) is 2.53. The number of carbonyl (C=O) groups excluding carboxylic acids is 3. The van der Waals surface area contributed by atoms with E-state index in [0.717, 1.165) is 17.2 Å². The lowest BCUT2D eigenvalue weighted by molar-refractivity contribution is -0.138. The smallest absolute Gasteiger partial charge is 0.354 e. The van der Waals surface area contributed by atoms with Crippen LogP contribution in [0.3, 0.4) is 0 Å². The molecule has 0 saturated carbocycles. The normalized spacial score (nSPS) is 14.1. The van der Waals surface area contributed by atoms with Crippen LogP contribution in [0.25, 0.3) is 0 Å². The first-order valence-electron chi connectivity index (χ1n) is 6.95. The largest absolute Gasteiger partial charge is 0.466 e. The van der Waals surface area contributed by atoms with E-state index in [1.165, 1.54) is 14.2 Å². The Balaban J connectivity index is 2.26. The molecule has 1 heterocycles. The minimum Gasteiger partial charge on any atom is -0.466 e. The van der Waals surface area contributed by atoms with E-state index in [4.69, 9.17) is 0 Å². The van der Waals surface area contributed by atoms with Crippen molar-refractivity contribution in [1.29, 1.82) is 0 Å². The lowest BCUT2D eigenvalue weighted by Gasteiger charge is -2.25. The van der Waals surface area contributed by atoms with Gasteiger partial charge in [-0.25, -0.2) is 9.59 Å². The standard InChI is InChI=1S/C16H18N2O5/c1-18-9-11-6-12(5-4-10(11)7-14(18)19)17-13(16(21)23-3)8-15(20)22-2/h4-6,8,17H,7,9H2,1-3H3/b13-8+. The van der Waals surface area contributed by atoms with Crippen LogP contribution in [0.4, 0.5) is 5.69 Å². The second kappa shape index (κ2) is 6.95. The van der Waals surface area contributed by atoms with Gasteiger partial charge in [-0.15, -0.1) is 0 Å². The first-order valence-corrected chi connectivity index (χ1v) is 6.95. The number of nitrogens with zero attached hydrogens (tertiary/aromatic N) is 1. The summed E-state index contributed by atoms with van der Waals surface area (Å²) in [5.74, 6) is -1.28. The number of carbonyl (C=O) groups is 3. The second-order valence-corrected chi connectivity index (χ2v) is 5.11. The van der Waals surface area contributed by atoms with Crippen molar-refractivity contribution in [3.05, 3.63) is 41.1 Å². The molecular weight excluding hydrogens is 300 g/mol. The van der Waals surface area contributed by atoms with Crippen LogP contribution in [0.1, 0.15) is 11.1 Å². The summed E-state index contributed by atoms with van der Waals surface area (Å²) in [5, 5.41) is 2.85. The summed E-state index contributed by atoms with van der Waals surface area (Å²) in [6.07, 6.45) is 1.38. The molecule has 1 aliphatic rings. The van der Waals surface area contributed by atoms with Crippen LogP contribution in [0.5, 0.6) is 0 Å². The molecule has 0 aliphatic carbocycles. The van der Waals surface area contributed by atoms with E-state index < -0.39 is 11.9 Å². The SMILES string of the molecule is COC(=O)/C=C(/Nc1ccc2c(c1)CN(C)C(=O)C2)C(=O)OC. The Morgan fingerprint density at radius 1 is 1.22 bits per heavy atom. The third kappa shape index (κ3) is 3.88. The molecule has 7 heteroatoms. The summed E-state index contributed by atoms with van der Waals surface area (Å²) in [6, 6.07) is 5.41. The van der Waals surface area contributed by atoms with E-state index in [2.05, 4.69) is 14.8 Å². The average Bonchev–Trinajstić information content (AvgIpc) is 2.54. The lowest BCUT2D eigenvalue weighted by atomic mass is 9.99. The molecule has 1 aliphatic heterocycles. The van der Waals surface area contributed by atoms with Crippen molar-refractivity contribution < 1.29 is 23.9 Å². The van der Waals surface area contributed by atoms with Crippen LogP contribution < -0.4 is 5.32 Å². The van der Waals surface area contributed by atoms with Gasteiger partial charge in [0.05, 0.1) is 26.7 Å². The summed E-state index contributed by atoms with van der Waals surface area (Å²) < 4.78 is 9.17. The zero-order valence-corrected chi connectivity index (χ0v) is 13.2. The number of benzene rings is 1. The van der Waals surface area contributed by atoms with E-state index in [0.29, 0.717) is 18.7 Å². The van der Waals surface area contributed by atoms with Gasteiger partial charge in [0.15, 0.2) is 0 Å². The van der Waals surface area contributed by atoms with Gasteiger partial charge in [0.2, 0.25) is 5.91 Å². The molecule has 7 nitrogen and oxygen atoms in total. The molecular formula is C16H18N2O5. The Hall–Kier alpha value is -2.83. The molecule has 0 aromatic heterocycles. The first-order chi connectivity index (χ1) is 10.9. The number of esters is 2. The molecule has 0 radical (unpaired) electrons. The maximum atomic E-state index is 11.7. The molecule has 1 N–H and O–H groups in total. The second-order valence-electron chi connectivity index (χ2n) is 5.11. The first kappa shape index (κ1) is 16.5. The van der Waals surface area contributed by atoms with Crippen molar-refractivity contribution in [2.24, 2.45) is 0 Å². The lowest BCUT2D eigenvalue weighted by Crippen LogP contribution is -2.32. The Bertz CT molecular complexity index is 681. The fourth-order valence-electron chi connectivity index (χ4n) is 2.25. The zero-order valence-electron chi connectivity index (χ0n) is 13.2. The molecule has 0 unspecified atom stereocenters. The Labute approximate surface area is 133 Å². The van der Waals surface area contributed by atoms with Crippen LogP contribution in [0.2, 0.25) is 0 Å². The quantitative estimate of drug-likeness (QED) is 0.654. The van der Waals surface area contributed by atoms with Crippen molar-refractivity contribution in [3.8, 4) is 0 Å². The number of ether oxygens (including phenoxy) is 2. The summed E-state index contributed by atoms with van der Waals surface area (Å²) in [7, 11) is 4.18. The van der Waals surface area contributed by atoms with Gasteiger partial charge in [-0.3, -0.25) is 4.79 Å². The van der Waals surface area contributed by atoms with E-state index >= 15 is 0 Å². The number of nitrogens with one attached hydrogen (secondary N) is 1. The van der Waals surface area contributed by atoms with Crippen LogP contribution in [-0.4, -0.2) is 44.0 Å². The number of rotatable bonds is 4. The fraction of sp³-hybridized carbons (Fsp3) is 0.312. The summed E-state index contributed by atoms with van der Waals surface area (Å²) in [4.78, 5) is 36.4. The Morgan fingerprint density at radius 2 is 1.96 bits per heavy atom. The number of likely N-dealkylation sites (N-methyl/N-ethyl adjacent to an activating group) is 1. The molecule has 0 saturated heterocycles. The number of fused-ring (bicyclic) bond motifs is 1. The number of hydrogen-bond acceptors (Lipinski definition) is 6. The summed E-state index contributed by atoms with van der Waals surface area (Å²) in [6.45, 7) is 0.498. The topological polar surface area (TPSA) is 84.9 Å². The average molecular weight is 318 g/mol. The van der Waals surface area contributed by atoms with Crippen LogP contribution >= 0.6 is 0 Å². The van der Waals surface area contributed by atoms with Crippen LogP contribution in [0.15, 0.2) is 30.0 Å². The molecule has 23 heavy (non-hydrogen) atoms. The highest BCUT2D eigenvalue weighted by Crippen LogP contribution is 2.23. The predicted molar refractivity (Wildman–Crippen MR) is 82.4 cm³/mol. The molecule has 122 valence electrons. The van der Waals surface area contributed by atoms with Crippen molar-refractivity contribution in [2.45, 2.75) is 13.0 Å². The highest BCUT2D eigenvalue weighted by molar-refractivity contribution is 5.98.